The predicted molar refractivity (Wildman–Crippen MR) is 52.5 cm³/mol. The molecule has 0 saturated heterocycles. The van der Waals surface area contributed by atoms with Gasteiger partial charge in [0, 0.05) is 0 Å². The summed E-state index contributed by atoms with van der Waals surface area (Å²) in [6.45, 7) is -0.133. The smallest absolute Gasteiger partial charge is 0.335 e. The number of carboxylic acid groups (broad SMARTS) is 1. The highest BCUT2D eigenvalue weighted by Gasteiger charge is 2.21. The van der Waals surface area contributed by atoms with Crippen LogP contribution in [-0.2, 0) is 4.79 Å². The molecular formula is C9H6ClNO4. The van der Waals surface area contributed by atoms with Crippen molar-refractivity contribution in [2.24, 2.45) is 0 Å². The normalized spacial score (nSPS) is 13.8. The average Bonchev–Trinajstić information content (AvgIpc) is 2.18. The number of halogens is 1. The van der Waals surface area contributed by atoms with Gasteiger partial charge >= 0.3 is 5.97 Å². The number of hydrogen-bond donors (Lipinski definition) is 2. The molecule has 2 N–H and O–H groups in total. The maximum absolute atomic E-state index is 11.0. The first-order valence-electron chi connectivity index (χ1n) is 4.07. The van der Waals surface area contributed by atoms with Gasteiger partial charge in [-0.2, -0.15) is 0 Å². The summed E-state index contributed by atoms with van der Waals surface area (Å²) in [6, 6.07) is 2.58. The Morgan fingerprint density at radius 3 is 2.93 bits per heavy atom. The molecule has 0 aliphatic carbocycles. The molecule has 0 atom stereocenters. The zero-order valence-electron chi connectivity index (χ0n) is 7.41. The van der Waals surface area contributed by atoms with Crippen LogP contribution in [0.5, 0.6) is 5.75 Å². The first kappa shape index (κ1) is 9.79. The molecule has 5 nitrogen and oxygen atoms in total. The molecule has 1 aromatic rings. The van der Waals surface area contributed by atoms with Gasteiger partial charge in [0.25, 0.3) is 5.91 Å². The van der Waals surface area contributed by atoms with Gasteiger partial charge < -0.3 is 15.2 Å². The third kappa shape index (κ3) is 1.73. The number of anilines is 1. The van der Waals surface area contributed by atoms with Crippen molar-refractivity contribution in [3.8, 4) is 5.75 Å². The van der Waals surface area contributed by atoms with E-state index in [4.69, 9.17) is 21.4 Å². The first-order valence-corrected chi connectivity index (χ1v) is 4.45. The van der Waals surface area contributed by atoms with E-state index in [1.54, 1.807) is 0 Å². The van der Waals surface area contributed by atoms with Crippen LogP contribution < -0.4 is 10.1 Å². The number of carbonyl (C=O) groups is 2. The molecule has 15 heavy (non-hydrogen) atoms. The third-order valence-electron chi connectivity index (χ3n) is 1.92. The molecule has 1 aliphatic rings. The van der Waals surface area contributed by atoms with Crippen molar-refractivity contribution in [3.05, 3.63) is 22.7 Å². The number of carbonyl (C=O) groups excluding carboxylic acids is 1. The van der Waals surface area contributed by atoms with Crippen LogP contribution in [0.15, 0.2) is 12.1 Å². The van der Waals surface area contributed by atoms with Crippen molar-refractivity contribution < 1.29 is 19.4 Å². The molecular weight excluding hydrogens is 222 g/mol. The van der Waals surface area contributed by atoms with Crippen molar-refractivity contribution in [3.63, 3.8) is 0 Å². The molecule has 0 saturated carbocycles. The molecule has 1 aliphatic heterocycles. The lowest BCUT2D eigenvalue weighted by atomic mass is 10.1. The van der Waals surface area contributed by atoms with Crippen LogP contribution in [0.2, 0.25) is 5.02 Å². The number of ether oxygens (including phenoxy) is 1. The van der Waals surface area contributed by atoms with Crippen LogP contribution >= 0.6 is 11.6 Å². The molecule has 0 unspecified atom stereocenters. The Labute approximate surface area is 89.6 Å². The minimum Gasteiger partial charge on any atom is -0.481 e. The van der Waals surface area contributed by atoms with E-state index in [1.165, 1.54) is 12.1 Å². The summed E-state index contributed by atoms with van der Waals surface area (Å²) in [4.78, 5) is 21.7. The second-order valence-corrected chi connectivity index (χ2v) is 3.38. The Morgan fingerprint density at radius 2 is 2.27 bits per heavy atom. The van der Waals surface area contributed by atoms with Crippen LogP contribution in [-0.4, -0.2) is 23.6 Å². The summed E-state index contributed by atoms with van der Waals surface area (Å²) in [7, 11) is 0. The van der Waals surface area contributed by atoms with E-state index in [1.807, 2.05) is 0 Å². The number of nitrogens with one attached hydrogen (secondary N) is 1. The molecule has 0 aromatic heterocycles. The van der Waals surface area contributed by atoms with Crippen LogP contribution in [0.4, 0.5) is 5.69 Å². The summed E-state index contributed by atoms with van der Waals surface area (Å²) in [5.41, 5.74) is 0.341. The Bertz CT molecular complexity index is 458. The second-order valence-electron chi connectivity index (χ2n) is 2.97. The van der Waals surface area contributed by atoms with Crippen molar-refractivity contribution >= 4 is 29.2 Å². The number of aromatic carboxylic acids is 1. The monoisotopic (exact) mass is 227 g/mol. The second kappa shape index (κ2) is 3.43. The van der Waals surface area contributed by atoms with Crippen LogP contribution in [0.1, 0.15) is 10.4 Å². The van der Waals surface area contributed by atoms with E-state index in [-0.39, 0.29) is 28.8 Å². The van der Waals surface area contributed by atoms with Gasteiger partial charge in [-0.1, -0.05) is 11.6 Å². The lowest BCUT2D eigenvalue weighted by Crippen LogP contribution is -2.25. The number of hydrogen-bond acceptors (Lipinski definition) is 3. The lowest BCUT2D eigenvalue weighted by Gasteiger charge is -2.19. The van der Waals surface area contributed by atoms with E-state index in [9.17, 15) is 9.59 Å². The van der Waals surface area contributed by atoms with E-state index in [2.05, 4.69) is 5.32 Å². The highest BCUT2D eigenvalue weighted by molar-refractivity contribution is 6.34. The molecule has 1 aromatic carbocycles. The van der Waals surface area contributed by atoms with E-state index in [0.717, 1.165) is 0 Å². The zero-order chi connectivity index (χ0) is 11.0. The van der Waals surface area contributed by atoms with Gasteiger partial charge in [0.05, 0.1) is 10.6 Å². The molecule has 1 heterocycles. The van der Waals surface area contributed by atoms with Crippen molar-refractivity contribution in [1.82, 2.24) is 0 Å². The van der Waals surface area contributed by atoms with Gasteiger partial charge in [0.15, 0.2) is 6.61 Å². The Hall–Kier alpha value is -1.75. The number of amides is 1. The van der Waals surface area contributed by atoms with Gasteiger partial charge in [0.1, 0.15) is 11.4 Å². The minimum absolute atomic E-state index is 0.0231. The quantitative estimate of drug-likeness (QED) is 0.760. The molecule has 6 heteroatoms. The maximum atomic E-state index is 11.0. The predicted octanol–water partition coefficient (Wildman–Crippen LogP) is 1.37. The van der Waals surface area contributed by atoms with Gasteiger partial charge in [-0.15, -0.1) is 0 Å². The van der Waals surface area contributed by atoms with Gasteiger partial charge in [-0.25, -0.2) is 4.79 Å². The molecule has 0 fully saturated rings. The SMILES string of the molecule is O=C1COc2cc(C(=O)O)cc(Cl)c2N1. The van der Waals surface area contributed by atoms with E-state index < -0.39 is 5.97 Å². The van der Waals surface area contributed by atoms with E-state index in [0.29, 0.717) is 5.69 Å². The summed E-state index contributed by atoms with van der Waals surface area (Å²) < 4.78 is 5.05. The van der Waals surface area contributed by atoms with E-state index >= 15 is 0 Å². The first-order chi connectivity index (χ1) is 7.08. The van der Waals surface area contributed by atoms with Crippen molar-refractivity contribution in [1.29, 1.82) is 0 Å². The molecule has 2 rings (SSSR count). The number of rotatable bonds is 1. The largest absolute Gasteiger partial charge is 0.481 e. The third-order valence-corrected chi connectivity index (χ3v) is 2.22. The van der Waals surface area contributed by atoms with Gasteiger partial charge in [0.2, 0.25) is 0 Å². The van der Waals surface area contributed by atoms with Crippen LogP contribution in [0.3, 0.4) is 0 Å². The summed E-state index contributed by atoms with van der Waals surface area (Å²) in [5.74, 6) is -1.13. The fraction of sp³-hybridized carbons (Fsp3) is 0.111. The Balaban J connectivity index is 2.52. The highest BCUT2D eigenvalue weighted by Crippen LogP contribution is 2.35. The maximum Gasteiger partial charge on any atom is 0.335 e. The Kier molecular flexibility index (Phi) is 2.24. The van der Waals surface area contributed by atoms with Crippen LogP contribution in [0.25, 0.3) is 0 Å². The molecule has 0 spiro atoms. The zero-order valence-corrected chi connectivity index (χ0v) is 8.17. The lowest BCUT2D eigenvalue weighted by molar-refractivity contribution is -0.118. The Morgan fingerprint density at radius 1 is 1.53 bits per heavy atom. The van der Waals surface area contributed by atoms with Crippen molar-refractivity contribution in [2.75, 3.05) is 11.9 Å². The minimum atomic E-state index is -1.10. The van der Waals surface area contributed by atoms with Crippen molar-refractivity contribution in [2.45, 2.75) is 0 Å². The topological polar surface area (TPSA) is 75.6 Å². The standard InChI is InChI=1S/C9H6ClNO4/c10-5-1-4(9(13)14)2-6-8(5)11-7(12)3-15-6/h1-2H,3H2,(H,11,12)(H,13,14). The number of fused-ring (bicyclic) bond motifs is 1. The van der Waals surface area contributed by atoms with Gasteiger partial charge in [-0.3, -0.25) is 4.79 Å². The van der Waals surface area contributed by atoms with Crippen LogP contribution in [0, 0.1) is 0 Å². The summed E-state index contributed by atoms with van der Waals surface area (Å²) in [5, 5.41) is 11.4. The number of carboxylic acids is 1. The van der Waals surface area contributed by atoms with Gasteiger partial charge in [-0.05, 0) is 12.1 Å². The molecule has 1 amide bonds. The molecule has 78 valence electrons. The molecule has 0 bridgehead atoms. The summed E-state index contributed by atoms with van der Waals surface area (Å²) in [6.07, 6.45) is 0. The molecule has 0 radical (unpaired) electrons. The number of benzene rings is 1. The fourth-order valence-corrected chi connectivity index (χ4v) is 1.52. The highest BCUT2D eigenvalue weighted by atomic mass is 35.5. The summed E-state index contributed by atoms with van der Waals surface area (Å²) >= 11 is 5.80. The fourth-order valence-electron chi connectivity index (χ4n) is 1.26. The average molecular weight is 228 g/mol.